The van der Waals surface area contributed by atoms with E-state index in [1.807, 2.05) is 0 Å². The first kappa shape index (κ1) is 16.3. The van der Waals surface area contributed by atoms with Crippen LogP contribution in [0.5, 0.6) is 0 Å². The highest BCUT2D eigenvalue weighted by atomic mass is 15.2. The number of hydrogen-bond donors (Lipinski definition) is 2. The molecule has 0 radical (unpaired) electrons. The van der Waals surface area contributed by atoms with Crippen molar-refractivity contribution < 1.29 is 0 Å². The summed E-state index contributed by atoms with van der Waals surface area (Å²) >= 11 is 0. The maximum Gasteiger partial charge on any atom is 0.0267 e. The van der Waals surface area contributed by atoms with Crippen LogP contribution in [-0.4, -0.2) is 6.04 Å². The Morgan fingerprint density at radius 3 is 1.75 bits per heavy atom. The van der Waals surface area contributed by atoms with E-state index >= 15 is 0 Å². The maximum absolute atomic E-state index is 5.94. The molecule has 2 nitrogen and oxygen atoms in total. The fourth-order valence-corrected chi connectivity index (χ4v) is 4.86. The summed E-state index contributed by atoms with van der Waals surface area (Å²) in [6.45, 7) is 4.67. The van der Waals surface area contributed by atoms with Crippen molar-refractivity contribution in [1.82, 2.24) is 5.43 Å². The Balaban J connectivity index is 1.80. The lowest BCUT2D eigenvalue weighted by Gasteiger charge is -2.40. The molecule has 2 saturated carbocycles. The van der Waals surface area contributed by atoms with Crippen molar-refractivity contribution >= 4 is 0 Å². The van der Waals surface area contributed by atoms with Crippen LogP contribution in [0, 0.1) is 23.7 Å². The number of nitrogens with one attached hydrogen (secondary N) is 1. The third-order valence-corrected chi connectivity index (χ3v) is 6.27. The fourth-order valence-electron chi connectivity index (χ4n) is 4.86. The molecule has 0 bridgehead atoms. The quantitative estimate of drug-likeness (QED) is 0.549. The normalized spacial score (nSPS) is 36.8. The molecule has 2 heteroatoms. The second kappa shape index (κ2) is 8.38. The van der Waals surface area contributed by atoms with Crippen LogP contribution in [0.1, 0.15) is 84.5 Å². The topological polar surface area (TPSA) is 38.0 Å². The zero-order chi connectivity index (χ0) is 14.4. The second-order valence-corrected chi connectivity index (χ2v) is 7.45. The van der Waals surface area contributed by atoms with E-state index in [9.17, 15) is 0 Å². The van der Waals surface area contributed by atoms with Gasteiger partial charge in [0.05, 0.1) is 0 Å². The standard InChI is InChI=1S/C18H36N2/c1-3-5-15-8-12-17(13-9-15)18(20-19)16-10-6-14(4-2)7-11-16/h14-18,20H,3-13,19H2,1-2H3. The Bertz CT molecular complexity index is 250. The molecule has 1 atom stereocenters. The fraction of sp³-hybridized carbons (Fsp3) is 1.00. The predicted octanol–water partition coefficient (Wildman–Crippen LogP) is 4.64. The molecule has 0 heterocycles. The summed E-state index contributed by atoms with van der Waals surface area (Å²) < 4.78 is 0. The van der Waals surface area contributed by atoms with Crippen LogP contribution in [0.3, 0.4) is 0 Å². The molecule has 1 unspecified atom stereocenters. The molecule has 2 aliphatic rings. The van der Waals surface area contributed by atoms with Crippen molar-refractivity contribution in [2.45, 2.75) is 90.5 Å². The van der Waals surface area contributed by atoms with Crippen molar-refractivity contribution in [1.29, 1.82) is 0 Å². The predicted molar refractivity (Wildman–Crippen MR) is 87.2 cm³/mol. The summed E-state index contributed by atoms with van der Waals surface area (Å²) in [4.78, 5) is 0. The molecule has 2 rings (SSSR count). The summed E-state index contributed by atoms with van der Waals surface area (Å²) in [5.74, 6) is 9.63. The molecular formula is C18H36N2. The molecule has 0 saturated heterocycles. The van der Waals surface area contributed by atoms with Gasteiger partial charge < -0.3 is 0 Å². The van der Waals surface area contributed by atoms with Crippen molar-refractivity contribution in [2.24, 2.45) is 29.5 Å². The van der Waals surface area contributed by atoms with Gasteiger partial charge in [0.1, 0.15) is 0 Å². The van der Waals surface area contributed by atoms with Crippen LogP contribution >= 0.6 is 0 Å². The molecule has 118 valence electrons. The monoisotopic (exact) mass is 280 g/mol. The van der Waals surface area contributed by atoms with Gasteiger partial charge in [-0.15, -0.1) is 0 Å². The van der Waals surface area contributed by atoms with Gasteiger partial charge in [-0.25, -0.2) is 0 Å². The van der Waals surface area contributed by atoms with Crippen LogP contribution in [-0.2, 0) is 0 Å². The number of hydrogen-bond acceptors (Lipinski definition) is 2. The maximum atomic E-state index is 5.94. The molecule has 0 spiro atoms. The van der Waals surface area contributed by atoms with Gasteiger partial charge in [-0.1, -0.05) is 58.8 Å². The summed E-state index contributed by atoms with van der Waals surface area (Å²) in [6.07, 6.45) is 15.6. The van der Waals surface area contributed by atoms with Crippen LogP contribution in [0.15, 0.2) is 0 Å². The van der Waals surface area contributed by atoms with Crippen molar-refractivity contribution in [3.8, 4) is 0 Å². The van der Waals surface area contributed by atoms with E-state index in [0.29, 0.717) is 6.04 Å². The van der Waals surface area contributed by atoms with Crippen molar-refractivity contribution in [2.75, 3.05) is 0 Å². The van der Waals surface area contributed by atoms with Crippen LogP contribution < -0.4 is 11.3 Å². The summed E-state index contributed by atoms with van der Waals surface area (Å²) in [5, 5.41) is 0. The molecule has 2 fully saturated rings. The lowest BCUT2D eigenvalue weighted by atomic mass is 9.69. The van der Waals surface area contributed by atoms with Crippen molar-refractivity contribution in [3.63, 3.8) is 0 Å². The van der Waals surface area contributed by atoms with E-state index in [0.717, 1.165) is 23.7 Å². The lowest BCUT2D eigenvalue weighted by Crippen LogP contribution is -2.48. The average molecular weight is 280 g/mol. The molecule has 3 N–H and O–H groups in total. The van der Waals surface area contributed by atoms with Gasteiger partial charge in [-0.3, -0.25) is 11.3 Å². The van der Waals surface area contributed by atoms with Gasteiger partial charge >= 0.3 is 0 Å². The largest absolute Gasteiger partial charge is 0.271 e. The first-order valence-corrected chi connectivity index (χ1v) is 9.24. The van der Waals surface area contributed by atoms with Crippen LogP contribution in [0.2, 0.25) is 0 Å². The molecule has 0 aromatic rings. The Kier molecular flexibility index (Phi) is 6.83. The third kappa shape index (κ3) is 4.21. The van der Waals surface area contributed by atoms with E-state index in [-0.39, 0.29) is 0 Å². The first-order valence-electron chi connectivity index (χ1n) is 9.24. The molecule has 0 amide bonds. The molecule has 0 aliphatic heterocycles. The SMILES string of the molecule is CCCC1CCC(C(NN)C2CCC(CC)CC2)CC1. The summed E-state index contributed by atoms with van der Waals surface area (Å²) in [5.41, 5.74) is 3.22. The van der Waals surface area contributed by atoms with E-state index < -0.39 is 0 Å². The molecule has 0 aromatic carbocycles. The minimum atomic E-state index is 0.593. The smallest absolute Gasteiger partial charge is 0.0267 e. The summed E-state index contributed by atoms with van der Waals surface area (Å²) in [7, 11) is 0. The molecular weight excluding hydrogens is 244 g/mol. The zero-order valence-electron chi connectivity index (χ0n) is 13.7. The minimum absolute atomic E-state index is 0.593. The Labute approximate surface area is 126 Å². The highest BCUT2D eigenvalue weighted by molar-refractivity contribution is 4.88. The highest BCUT2D eigenvalue weighted by Crippen LogP contribution is 2.39. The average Bonchev–Trinajstić information content (AvgIpc) is 2.51. The van der Waals surface area contributed by atoms with E-state index in [2.05, 4.69) is 19.3 Å². The lowest BCUT2D eigenvalue weighted by molar-refractivity contribution is 0.135. The van der Waals surface area contributed by atoms with Crippen LogP contribution in [0.4, 0.5) is 0 Å². The number of rotatable bonds is 6. The van der Waals surface area contributed by atoms with E-state index in [1.165, 1.54) is 70.6 Å². The number of nitrogens with two attached hydrogens (primary N) is 1. The number of hydrazine groups is 1. The second-order valence-electron chi connectivity index (χ2n) is 7.45. The molecule has 20 heavy (non-hydrogen) atoms. The van der Waals surface area contributed by atoms with Gasteiger partial charge in [0.25, 0.3) is 0 Å². The van der Waals surface area contributed by atoms with Crippen LogP contribution in [0.25, 0.3) is 0 Å². The van der Waals surface area contributed by atoms with E-state index in [1.54, 1.807) is 0 Å². The van der Waals surface area contributed by atoms with Gasteiger partial charge in [0.15, 0.2) is 0 Å². The van der Waals surface area contributed by atoms with Crippen molar-refractivity contribution in [3.05, 3.63) is 0 Å². The first-order chi connectivity index (χ1) is 9.78. The molecule has 0 aromatic heterocycles. The van der Waals surface area contributed by atoms with Gasteiger partial charge in [-0.2, -0.15) is 0 Å². The summed E-state index contributed by atoms with van der Waals surface area (Å²) in [6, 6.07) is 0.593. The Morgan fingerprint density at radius 2 is 1.35 bits per heavy atom. The Hall–Kier alpha value is -0.0800. The van der Waals surface area contributed by atoms with Gasteiger partial charge in [0, 0.05) is 6.04 Å². The van der Waals surface area contributed by atoms with E-state index in [4.69, 9.17) is 5.84 Å². The third-order valence-electron chi connectivity index (χ3n) is 6.27. The molecule has 2 aliphatic carbocycles. The van der Waals surface area contributed by atoms with Gasteiger partial charge in [0.2, 0.25) is 0 Å². The zero-order valence-corrected chi connectivity index (χ0v) is 13.7. The Morgan fingerprint density at radius 1 is 0.850 bits per heavy atom. The minimum Gasteiger partial charge on any atom is -0.271 e. The highest BCUT2D eigenvalue weighted by Gasteiger charge is 2.33. The van der Waals surface area contributed by atoms with Gasteiger partial charge in [-0.05, 0) is 49.4 Å².